The van der Waals surface area contributed by atoms with Gasteiger partial charge in [-0.15, -0.1) is 0 Å². The lowest BCUT2D eigenvalue weighted by Gasteiger charge is -2.11. The van der Waals surface area contributed by atoms with Crippen LogP contribution in [0.3, 0.4) is 0 Å². The van der Waals surface area contributed by atoms with Crippen LogP contribution in [-0.2, 0) is 16.4 Å². The summed E-state index contributed by atoms with van der Waals surface area (Å²) in [6, 6.07) is 4.05. The molecule has 1 aromatic carbocycles. The molecule has 8 heteroatoms. The highest BCUT2D eigenvalue weighted by molar-refractivity contribution is 7.92. The van der Waals surface area contributed by atoms with E-state index in [2.05, 4.69) is 14.9 Å². The monoisotopic (exact) mass is 295 g/mol. The highest BCUT2D eigenvalue weighted by atomic mass is 32.2. The third-order valence-electron chi connectivity index (χ3n) is 2.73. The maximum absolute atomic E-state index is 12.3. The number of nitrogens with zero attached hydrogens (tertiary/aromatic N) is 1. The quantitative estimate of drug-likeness (QED) is 0.773. The van der Waals surface area contributed by atoms with Crippen LogP contribution >= 0.6 is 0 Å². The van der Waals surface area contributed by atoms with E-state index in [0.29, 0.717) is 12.0 Å². The van der Waals surface area contributed by atoms with Crippen LogP contribution in [0.5, 0.6) is 0 Å². The predicted molar refractivity (Wildman–Crippen MR) is 72.2 cm³/mol. The molecule has 0 radical (unpaired) electrons. The van der Waals surface area contributed by atoms with Crippen LogP contribution in [0.15, 0.2) is 35.5 Å². The number of aromatic amines is 1. The summed E-state index contributed by atoms with van der Waals surface area (Å²) in [6.07, 6.45) is 3.19. The van der Waals surface area contributed by atoms with Gasteiger partial charge in [-0.25, -0.2) is 13.2 Å². The zero-order valence-corrected chi connectivity index (χ0v) is 11.4. The summed E-state index contributed by atoms with van der Waals surface area (Å²) < 4.78 is 27.0. The first-order chi connectivity index (χ1) is 9.44. The first kappa shape index (κ1) is 14.1. The van der Waals surface area contributed by atoms with Crippen molar-refractivity contribution in [3.05, 3.63) is 41.7 Å². The molecule has 0 saturated carbocycles. The second kappa shape index (κ2) is 5.33. The summed E-state index contributed by atoms with van der Waals surface area (Å²) in [6.45, 7) is 1.80. The molecule has 0 aliphatic heterocycles. The Morgan fingerprint density at radius 1 is 1.45 bits per heavy atom. The number of benzene rings is 1. The number of anilines is 1. The highest BCUT2D eigenvalue weighted by Gasteiger charge is 2.20. The molecule has 2 rings (SSSR count). The Bertz CT molecular complexity index is 723. The van der Waals surface area contributed by atoms with Crippen LogP contribution in [0.2, 0.25) is 0 Å². The number of nitrogens with one attached hydrogen (secondary N) is 2. The van der Waals surface area contributed by atoms with Gasteiger partial charge in [-0.05, 0) is 24.1 Å². The molecule has 0 atom stereocenters. The Balaban J connectivity index is 2.48. The van der Waals surface area contributed by atoms with Crippen molar-refractivity contribution in [2.24, 2.45) is 0 Å². The molecule has 0 fully saturated rings. The second-order valence-electron chi connectivity index (χ2n) is 4.07. The summed E-state index contributed by atoms with van der Waals surface area (Å²) in [7, 11) is -3.86. The van der Waals surface area contributed by atoms with Crippen molar-refractivity contribution in [2.45, 2.75) is 18.2 Å². The SMILES string of the molecule is CCc1ccc(C(=O)O)cc1S(=O)(=O)Nc1cn[nH]c1. The van der Waals surface area contributed by atoms with Crippen molar-refractivity contribution in [3.8, 4) is 0 Å². The van der Waals surface area contributed by atoms with Crippen LogP contribution in [0.1, 0.15) is 22.8 Å². The summed E-state index contributed by atoms with van der Waals surface area (Å²) >= 11 is 0. The molecule has 106 valence electrons. The van der Waals surface area contributed by atoms with Gasteiger partial charge in [-0.1, -0.05) is 13.0 Å². The van der Waals surface area contributed by atoms with Gasteiger partial charge in [-0.2, -0.15) is 5.10 Å². The second-order valence-corrected chi connectivity index (χ2v) is 5.72. The Hall–Kier alpha value is -2.35. The lowest BCUT2D eigenvalue weighted by Crippen LogP contribution is -2.15. The van der Waals surface area contributed by atoms with Crippen LogP contribution < -0.4 is 4.72 Å². The number of carboxylic acids is 1. The zero-order valence-electron chi connectivity index (χ0n) is 10.6. The molecule has 2 aromatic rings. The van der Waals surface area contributed by atoms with Gasteiger partial charge in [0.25, 0.3) is 10.0 Å². The molecule has 7 nitrogen and oxygen atoms in total. The Morgan fingerprint density at radius 3 is 2.75 bits per heavy atom. The molecule has 20 heavy (non-hydrogen) atoms. The molecule has 1 aromatic heterocycles. The standard InChI is InChI=1S/C12H13N3O4S/c1-2-8-3-4-9(12(16)17)5-11(8)20(18,19)15-10-6-13-14-7-10/h3-7,15H,2H2,1H3,(H,13,14)(H,16,17). The Morgan fingerprint density at radius 2 is 2.20 bits per heavy atom. The van der Waals surface area contributed by atoms with Crippen molar-refractivity contribution in [2.75, 3.05) is 4.72 Å². The fraction of sp³-hybridized carbons (Fsp3) is 0.167. The minimum absolute atomic E-state index is 0.0406. The summed E-state index contributed by atoms with van der Waals surface area (Å²) in [4.78, 5) is 10.9. The number of hydrogen-bond acceptors (Lipinski definition) is 4. The summed E-state index contributed by atoms with van der Waals surface area (Å²) in [5, 5.41) is 15.1. The average Bonchev–Trinajstić information content (AvgIpc) is 2.90. The largest absolute Gasteiger partial charge is 0.478 e. The molecule has 0 amide bonds. The van der Waals surface area contributed by atoms with Gasteiger partial charge in [0.2, 0.25) is 0 Å². The molecule has 0 aliphatic rings. The van der Waals surface area contributed by atoms with Gasteiger partial charge in [0.05, 0.1) is 22.3 Å². The highest BCUT2D eigenvalue weighted by Crippen LogP contribution is 2.21. The molecule has 3 N–H and O–H groups in total. The molecular formula is C12H13N3O4S. The van der Waals surface area contributed by atoms with E-state index in [4.69, 9.17) is 5.11 Å². The van der Waals surface area contributed by atoms with Crippen LogP contribution in [0, 0.1) is 0 Å². The zero-order chi connectivity index (χ0) is 14.8. The van der Waals surface area contributed by atoms with E-state index in [9.17, 15) is 13.2 Å². The maximum Gasteiger partial charge on any atom is 0.335 e. The number of sulfonamides is 1. The smallest absolute Gasteiger partial charge is 0.335 e. The van der Waals surface area contributed by atoms with Crippen molar-refractivity contribution in [3.63, 3.8) is 0 Å². The minimum atomic E-state index is -3.86. The lowest BCUT2D eigenvalue weighted by atomic mass is 10.1. The number of aromatic nitrogens is 2. The average molecular weight is 295 g/mol. The van der Waals surface area contributed by atoms with E-state index < -0.39 is 16.0 Å². The Labute approximate surface area is 115 Å². The number of hydrogen-bond donors (Lipinski definition) is 3. The van der Waals surface area contributed by atoms with Gasteiger partial charge in [0.1, 0.15) is 0 Å². The van der Waals surface area contributed by atoms with Gasteiger partial charge in [0, 0.05) is 6.20 Å². The predicted octanol–water partition coefficient (Wildman–Crippen LogP) is 1.47. The molecule has 0 spiro atoms. The van der Waals surface area contributed by atoms with E-state index >= 15 is 0 Å². The van der Waals surface area contributed by atoms with E-state index in [0.717, 1.165) is 6.07 Å². The fourth-order valence-electron chi connectivity index (χ4n) is 1.75. The van der Waals surface area contributed by atoms with Crippen LogP contribution in [0.4, 0.5) is 5.69 Å². The number of aromatic carboxylic acids is 1. The molecular weight excluding hydrogens is 282 g/mol. The molecule has 0 unspecified atom stereocenters. The number of H-pyrrole nitrogens is 1. The van der Waals surface area contributed by atoms with Gasteiger partial charge in [-0.3, -0.25) is 9.82 Å². The van der Waals surface area contributed by atoms with Crippen molar-refractivity contribution in [1.29, 1.82) is 0 Å². The van der Waals surface area contributed by atoms with Gasteiger partial charge < -0.3 is 5.11 Å². The Kier molecular flexibility index (Phi) is 3.75. The molecule has 1 heterocycles. The molecule has 0 aliphatic carbocycles. The van der Waals surface area contributed by atoms with Crippen LogP contribution in [0.25, 0.3) is 0 Å². The topological polar surface area (TPSA) is 112 Å². The first-order valence-electron chi connectivity index (χ1n) is 5.82. The minimum Gasteiger partial charge on any atom is -0.478 e. The third kappa shape index (κ3) is 2.80. The summed E-state index contributed by atoms with van der Waals surface area (Å²) in [5.41, 5.74) is 0.758. The normalized spacial score (nSPS) is 11.2. The van der Waals surface area contributed by atoms with E-state index in [-0.39, 0.29) is 16.1 Å². The lowest BCUT2D eigenvalue weighted by molar-refractivity contribution is 0.0696. The van der Waals surface area contributed by atoms with Crippen molar-refractivity contribution in [1.82, 2.24) is 10.2 Å². The van der Waals surface area contributed by atoms with Gasteiger partial charge in [0.15, 0.2) is 0 Å². The number of carbonyl (C=O) groups is 1. The van der Waals surface area contributed by atoms with Crippen molar-refractivity contribution < 1.29 is 18.3 Å². The van der Waals surface area contributed by atoms with E-state index in [1.54, 1.807) is 6.92 Å². The first-order valence-corrected chi connectivity index (χ1v) is 7.30. The van der Waals surface area contributed by atoms with Crippen molar-refractivity contribution >= 4 is 21.7 Å². The van der Waals surface area contributed by atoms with Crippen LogP contribution in [-0.4, -0.2) is 29.7 Å². The number of rotatable bonds is 5. The fourth-order valence-corrected chi connectivity index (χ4v) is 3.12. The van der Waals surface area contributed by atoms with E-state index in [1.165, 1.54) is 24.5 Å². The van der Waals surface area contributed by atoms with E-state index in [1.807, 2.05) is 0 Å². The molecule has 0 bridgehead atoms. The maximum atomic E-state index is 12.3. The van der Waals surface area contributed by atoms with Gasteiger partial charge >= 0.3 is 5.97 Å². The summed E-state index contributed by atoms with van der Waals surface area (Å²) in [5.74, 6) is -1.17. The number of aryl methyl sites for hydroxylation is 1. The molecule has 0 saturated heterocycles. The number of carboxylic acid groups (broad SMARTS) is 1. The third-order valence-corrected chi connectivity index (χ3v) is 4.20.